The lowest BCUT2D eigenvalue weighted by atomic mass is 10.3. The molecule has 2 nitrogen and oxygen atoms in total. The van der Waals surface area contributed by atoms with Crippen LogP contribution >= 0.6 is 45.2 Å². The maximum atomic E-state index is 12.8. The normalized spacial score (nSPS) is 11.9. The average Bonchev–Trinajstić information content (AvgIpc) is 2.57. The monoisotopic (exact) mass is 482 g/mol. The number of imidazole rings is 1. The molecule has 0 aliphatic rings. The van der Waals surface area contributed by atoms with E-state index >= 15 is 0 Å². The van der Waals surface area contributed by atoms with Crippen LogP contribution in [0.4, 0.5) is 17.6 Å². The van der Waals surface area contributed by atoms with E-state index in [4.69, 9.17) is 0 Å². The number of alkyl halides is 3. The topological polar surface area (TPSA) is 17.8 Å². The Hall–Kier alpha value is -0.390. The number of hydrogen-bond acceptors (Lipinski definition) is 1. The molecule has 0 saturated heterocycles. The van der Waals surface area contributed by atoms with Crippen molar-refractivity contribution >= 4 is 45.2 Å². The van der Waals surface area contributed by atoms with Crippen molar-refractivity contribution in [1.29, 1.82) is 0 Å². The molecule has 18 heavy (non-hydrogen) atoms. The van der Waals surface area contributed by atoms with Crippen LogP contribution in [0.3, 0.4) is 0 Å². The van der Waals surface area contributed by atoms with E-state index in [0.29, 0.717) is 3.70 Å². The summed E-state index contributed by atoms with van der Waals surface area (Å²) in [5.74, 6) is -1.51. The maximum Gasteiger partial charge on any atom is 0.450 e. The van der Waals surface area contributed by atoms with Crippen LogP contribution in [0.1, 0.15) is 5.82 Å². The molecule has 1 heterocycles. The van der Waals surface area contributed by atoms with Crippen LogP contribution in [-0.4, -0.2) is 9.55 Å². The Labute approximate surface area is 127 Å². The summed E-state index contributed by atoms with van der Waals surface area (Å²) in [6.45, 7) is 0. The molecule has 0 amide bonds. The lowest BCUT2D eigenvalue weighted by Gasteiger charge is -2.11. The number of benzene rings is 1. The summed E-state index contributed by atoms with van der Waals surface area (Å²) < 4.78 is 52.9. The van der Waals surface area contributed by atoms with E-state index in [9.17, 15) is 17.6 Å². The Morgan fingerprint density at radius 2 is 1.61 bits per heavy atom. The average molecular weight is 482 g/mol. The second kappa shape index (κ2) is 4.94. The molecule has 0 aliphatic heterocycles. The molecule has 0 unspecified atom stereocenters. The number of rotatable bonds is 1. The van der Waals surface area contributed by atoms with Gasteiger partial charge in [0.05, 0.1) is 0 Å². The van der Waals surface area contributed by atoms with Crippen LogP contribution < -0.4 is 0 Å². The highest BCUT2D eigenvalue weighted by atomic mass is 127. The largest absolute Gasteiger partial charge is 0.450 e. The Balaban J connectivity index is 2.66. The fourth-order valence-electron chi connectivity index (χ4n) is 1.39. The van der Waals surface area contributed by atoms with Gasteiger partial charge in [-0.25, -0.2) is 9.37 Å². The van der Waals surface area contributed by atoms with Crippen molar-refractivity contribution in [3.05, 3.63) is 43.3 Å². The molecule has 0 atom stereocenters. The lowest BCUT2D eigenvalue weighted by molar-refractivity contribution is -0.146. The van der Waals surface area contributed by atoms with E-state index in [1.807, 2.05) is 0 Å². The molecule has 8 heteroatoms. The Kier molecular flexibility index (Phi) is 3.85. The SMILES string of the molecule is Fc1ccc(-n2c(C(F)(F)F)nc(I)c2I)cc1. The number of aromatic nitrogens is 2. The van der Waals surface area contributed by atoms with Gasteiger partial charge in [0.1, 0.15) is 13.2 Å². The van der Waals surface area contributed by atoms with E-state index in [1.165, 1.54) is 12.1 Å². The summed E-state index contributed by atoms with van der Waals surface area (Å²) in [5.41, 5.74) is 0.226. The standard InChI is InChI=1S/C10H4F4I2N2/c11-5-1-3-6(4-2-5)18-8(16)7(15)17-9(18)10(12,13)14/h1-4H. The molecule has 0 aliphatic carbocycles. The Morgan fingerprint density at radius 3 is 2.11 bits per heavy atom. The highest BCUT2D eigenvalue weighted by Gasteiger charge is 2.38. The van der Waals surface area contributed by atoms with Crippen LogP contribution in [-0.2, 0) is 6.18 Å². The molecular formula is C10H4F4I2N2. The van der Waals surface area contributed by atoms with Crippen molar-refractivity contribution in [1.82, 2.24) is 9.55 Å². The Bertz CT molecular complexity index is 575. The van der Waals surface area contributed by atoms with Crippen molar-refractivity contribution in [3.63, 3.8) is 0 Å². The molecule has 96 valence electrons. The van der Waals surface area contributed by atoms with Crippen LogP contribution in [0.15, 0.2) is 24.3 Å². The van der Waals surface area contributed by atoms with Gasteiger partial charge in [0.25, 0.3) is 0 Å². The van der Waals surface area contributed by atoms with E-state index < -0.39 is 17.8 Å². The first kappa shape index (κ1) is 14.0. The van der Waals surface area contributed by atoms with Crippen molar-refractivity contribution < 1.29 is 17.6 Å². The first-order valence-corrected chi connectivity index (χ1v) is 6.73. The molecule has 1 aromatic heterocycles. The van der Waals surface area contributed by atoms with Crippen molar-refractivity contribution in [2.24, 2.45) is 0 Å². The number of hydrogen-bond donors (Lipinski definition) is 0. The molecule has 0 saturated carbocycles. The van der Waals surface area contributed by atoms with Gasteiger partial charge in [0.15, 0.2) is 0 Å². The highest BCUT2D eigenvalue weighted by Crippen LogP contribution is 2.33. The maximum absolute atomic E-state index is 12.8. The zero-order chi connectivity index (χ0) is 13.5. The van der Waals surface area contributed by atoms with Crippen molar-refractivity contribution in [3.8, 4) is 5.69 Å². The first-order chi connectivity index (χ1) is 8.30. The van der Waals surface area contributed by atoms with Crippen LogP contribution in [0.5, 0.6) is 0 Å². The first-order valence-electron chi connectivity index (χ1n) is 4.57. The second-order valence-corrected chi connectivity index (χ2v) is 5.37. The van der Waals surface area contributed by atoms with Gasteiger partial charge in [-0.15, -0.1) is 0 Å². The molecule has 0 spiro atoms. The summed E-state index contributed by atoms with van der Waals surface area (Å²) >= 11 is 3.51. The molecule has 1 aromatic carbocycles. The van der Waals surface area contributed by atoms with Gasteiger partial charge in [-0.1, -0.05) is 0 Å². The van der Waals surface area contributed by atoms with Crippen LogP contribution in [0.2, 0.25) is 0 Å². The minimum atomic E-state index is -4.56. The summed E-state index contributed by atoms with van der Waals surface area (Å²) in [7, 11) is 0. The quantitative estimate of drug-likeness (QED) is 0.440. The van der Waals surface area contributed by atoms with Gasteiger partial charge >= 0.3 is 6.18 Å². The van der Waals surface area contributed by atoms with Gasteiger partial charge in [-0.05, 0) is 69.4 Å². The van der Waals surface area contributed by atoms with Gasteiger partial charge in [-0.3, -0.25) is 4.57 Å². The van der Waals surface area contributed by atoms with Gasteiger partial charge in [0, 0.05) is 5.69 Å². The van der Waals surface area contributed by atoms with Crippen molar-refractivity contribution in [2.45, 2.75) is 6.18 Å². The zero-order valence-electron chi connectivity index (χ0n) is 8.47. The van der Waals surface area contributed by atoms with E-state index in [0.717, 1.165) is 16.7 Å². The smallest absolute Gasteiger partial charge is 0.283 e. The molecule has 0 fully saturated rings. The van der Waals surface area contributed by atoms with Crippen LogP contribution in [0, 0.1) is 13.2 Å². The van der Waals surface area contributed by atoms with E-state index in [-0.39, 0.29) is 9.39 Å². The third kappa shape index (κ3) is 2.63. The molecule has 2 aromatic rings. The zero-order valence-corrected chi connectivity index (χ0v) is 12.8. The fraction of sp³-hybridized carbons (Fsp3) is 0.100. The summed E-state index contributed by atoms with van der Waals surface area (Å²) in [5, 5.41) is 0. The predicted octanol–water partition coefficient (Wildman–Crippen LogP) is 4.24. The predicted molar refractivity (Wildman–Crippen MR) is 74.0 cm³/mol. The highest BCUT2D eigenvalue weighted by molar-refractivity contribution is 14.1. The molecule has 0 bridgehead atoms. The minimum Gasteiger partial charge on any atom is -0.283 e. The molecule has 0 N–H and O–H groups in total. The third-order valence-corrected chi connectivity index (χ3v) is 4.90. The van der Waals surface area contributed by atoms with Gasteiger partial charge in [-0.2, -0.15) is 13.2 Å². The van der Waals surface area contributed by atoms with E-state index in [1.54, 1.807) is 45.2 Å². The van der Waals surface area contributed by atoms with E-state index in [2.05, 4.69) is 4.98 Å². The van der Waals surface area contributed by atoms with Gasteiger partial charge < -0.3 is 0 Å². The lowest BCUT2D eigenvalue weighted by Crippen LogP contribution is -2.14. The fourth-order valence-corrected chi connectivity index (χ4v) is 2.49. The second-order valence-electron chi connectivity index (χ2n) is 3.33. The summed E-state index contributed by atoms with van der Waals surface area (Å²) in [4.78, 5) is 3.50. The van der Waals surface area contributed by atoms with Crippen molar-refractivity contribution in [2.75, 3.05) is 0 Å². The number of halogens is 6. The Morgan fingerprint density at radius 1 is 1.06 bits per heavy atom. The molecule has 2 rings (SSSR count). The molecule has 0 radical (unpaired) electrons. The minimum absolute atomic E-state index is 0.226. The molecular weight excluding hydrogens is 478 g/mol. The number of nitrogens with zero attached hydrogens (tertiary/aromatic N) is 2. The van der Waals surface area contributed by atoms with Gasteiger partial charge in [0.2, 0.25) is 5.82 Å². The summed E-state index contributed by atoms with van der Waals surface area (Å²) in [6.07, 6.45) is -4.56. The third-order valence-electron chi connectivity index (χ3n) is 2.12. The van der Waals surface area contributed by atoms with Crippen LogP contribution in [0.25, 0.3) is 5.69 Å². The summed E-state index contributed by atoms with van der Waals surface area (Å²) in [6, 6.07) is 4.78.